The Morgan fingerprint density at radius 3 is 2.46 bits per heavy atom. The molecular weight excluding hydrogens is 333 g/mol. The van der Waals surface area contributed by atoms with Crippen molar-refractivity contribution in [3.63, 3.8) is 0 Å². The van der Waals surface area contributed by atoms with Crippen molar-refractivity contribution in [3.05, 3.63) is 71.4 Å². The lowest BCUT2D eigenvalue weighted by Gasteiger charge is -2.18. The zero-order valence-electron chi connectivity index (χ0n) is 14.9. The zero-order valence-corrected chi connectivity index (χ0v) is 14.9. The van der Waals surface area contributed by atoms with Crippen LogP contribution in [0.4, 0.5) is 4.39 Å². The zero-order chi connectivity index (χ0) is 18.7. The van der Waals surface area contributed by atoms with E-state index in [1.165, 1.54) is 6.07 Å². The second-order valence-corrected chi connectivity index (χ2v) is 7.00. The first-order chi connectivity index (χ1) is 12.3. The molecule has 0 saturated carbocycles. The quantitative estimate of drug-likeness (QED) is 0.767. The second-order valence-electron chi connectivity index (χ2n) is 7.00. The van der Waals surface area contributed by atoms with Gasteiger partial charge in [-0.25, -0.2) is 4.39 Å². The van der Waals surface area contributed by atoms with E-state index in [9.17, 15) is 9.18 Å². The van der Waals surface area contributed by atoms with Gasteiger partial charge in [-0.2, -0.15) is 4.98 Å². The smallest absolute Gasteiger partial charge is 0.251 e. The number of amides is 1. The van der Waals surface area contributed by atoms with Gasteiger partial charge in [0, 0.05) is 5.56 Å². The molecule has 3 rings (SSSR count). The van der Waals surface area contributed by atoms with Crippen LogP contribution in [0.5, 0.6) is 0 Å². The van der Waals surface area contributed by atoms with E-state index in [2.05, 4.69) is 36.2 Å². The first-order valence-corrected chi connectivity index (χ1v) is 8.31. The fourth-order valence-electron chi connectivity index (χ4n) is 2.46. The largest absolute Gasteiger partial charge is 0.343 e. The van der Waals surface area contributed by atoms with Gasteiger partial charge in [-0.05, 0) is 35.2 Å². The monoisotopic (exact) mass is 353 g/mol. The minimum atomic E-state index is -0.428. The number of benzene rings is 2. The van der Waals surface area contributed by atoms with Gasteiger partial charge in [-0.15, -0.1) is 0 Å². The lowest BCUT2D eigenvalue weighted by Crippen LogP contribution is -2.23. The summed E-state index contributed by atoms with van der Waals surface area (Å²) in [4.78, 5) is 16.4. The summed E-state index contributed by atoms with van der Waals surface area (Å²) in [7, 11) is 0. The molecular formula is C20H20FN3O2. The highest BCUT2D eigenvalue weighted by Crippen LogP contribution is 2.22. The maximum atomic E-state index is 13.7. The van der Waals surface area contributed by atoms with Crippen LogP contribution in [0.25, 0.3) is 11.4 Å². The highest BCUT2D eigenvalue weighted by Gasteiger charge is 2.15. The Morgan fingerprint density at radius 2 is 1.81 bits per heavy atom. The fourth-order valence-corrected chi connectivity index (χ4v) is 2.46. The van der Waals surface area contributed by atoms with Crippen molar-refractivity contribution in [2.75, 3.05) is 0 Å². The molecule has 0 aliphatic rings. The summed E-state index contributed by atoms with van der Waals surface area (Å²) >= 11 is 0. The summed E-state index contributed by atoms with van der Waals surface area (Å²) in [6.07, 6.45) is 0. The maximum absolute atomic E-state index is 13.7. The number of rotatable bonds is 4. The van der Waals surface area contributed by atoms with E-state index in [1.54, 1.807) is 30.3 Å². The number of hydrogen-bond donors (Lipinski definition) is 1. The molecule has 3 aromatic rings. The average Bonchev–Trinajstić information content (AvgIpc) is 3.08. The minimum absolute atomic E-state index is 0.0296. The van der Waals surface area contributed by atoms with Gasteiger partial charge in [-0.3, -0.25) is 4.79 Å². The number of aromatic nitrogens is 2. The van der Waals surface area contributed by atoms with E-state index in [4.69, 9.17) is 4.52 Å². The van der Waals surface area contributed by atoms with E-state index < -0.39 is 5.82 Å². The summed E-state index contributed by atoms with van der Waals surface area (Å²) in [5.41, 5.74) is 1.99. The molecule has 1 aromatic heterocycles. The Kier molecular flexibility index (Phi) is 4.84. The van der Waals surface area contributed by atoms with Crippen LogP contribution >= 0.6 is 0 Å². The van der Waals surface area contributed by atoms with E-state index in [0.29, 0.717) is 5.56 Å². The van der Waals surface area contributed by atoms with Crippen LogP contribution in [0.3, 0.4) is 0 Å². The molecule has 0 fully saturated rings. The molecule has 1 N–H and O–H groups in total. The molecule has 0 bridgehead atoms. The highest BCUT2D eigenvalue weighted by atomic mass is 19.1. The van der Waals surface area contributed by atoms with Gasteiger partial charge in [0.1, 0.15) is 5.82 Å². The SMILES string of the molecule is CC(C)(C)c1ccc(C(=O)NCc2nc(-c3ccccc3F)no2)cc1. The van der Waals surface area contributed by atoms with Crippen LogP contribution in [0.2, 0.25) is 0 Å². The molecule has 0 unspecified atom stereocenters. The number of halogens is 1. The maximum Gasteiger partial charge on any atom is 0.251 e. The van der Waals surface area contributed by atoms with Crippen molar-refractivity contribution in [3.8, 4) is 11.4 Å². The molecule has 134 valence electrons. The molecule has 26 heavy (non-hydrogen) atoms. The summed E-state index contributed by atoms with van der Waals surface area (Å²) < 4.78 is 18.8. The third-order valence-electron chi connectivity index (χ3n) is 4.00. The van der Waals surface area contributed by atoms with Gasteiger partial charge in [0.25, 0.3) is 5.91 Å². The third-order valence-corrected chi connectivity index (χ3v) is 4.00. The van der Waals surface area contributed by atoms with Gasteiger partial charge in [0.2, 0.25) is 11.7 Å². The van der Waals surface area contributed by atoms with Crippen LogP contribution in [-0.2, 0) is 12.0 Å². The molecule has 0 saturated heterocycles. The average molecular weight is 353 g/mol. The minimum Gasteiger partial charge on any atom is -0.343 e. The van der Waals surface area contributed by atoms with Crippen LogP contribution in [0.1, 0.15) is 42.6 Å². The summed E-state index contributed by atoms with van der Waals surface area (Å²) in [6, 6.07) is 13.6. The number of carbonyl (C=O) groups excluding carboxylic acids is 1. The van der Waals surface area contributed by atoms with Crippen molar-refractivity contribution in [2.24, 2.45) is 0 Å². The van der Waals surface area contributed by atoms with Crippen molar-refractivity contribution in [1.82, 2.24) is 15.5 Å². The van der Waals surface area contributed by atoms with E-state index in [0.717, 1.165) is 5.56 Å². The molecule has 6 heteroatoms. The normalized spacial score (nSPS) is 11.4. The number of hydrogen-bond acceptors (Lipinski definition) is 4. The molecule has 2 aromatic carbocycles. The number of nitrogens with zero attached hydrogens (tertiary/aromatic N) is 2. The Labute approximate surface area is 151 Å². The lowest BCUT2D eigenvalue weighted by molar-refractivity contribution is 0.0946. The van der Waals surface area contributed by atoms with Gasteiger partial charge in [-0.1, -0.05) is 50.2 Å². The van der Waals surface area contributed by atoms with E-state index >= 15 is 0 Å². The van der Waals surface area contributed by atoms with Gasteiger partial charge in [0.05, 0.1) is 12.1 Å². The fraction of sp³-hybridized carbons (Fsp3) is 0.250. The Hall–Kier alpha value is -3.02. The van der Waals surface area contributed by atoms with E-state index in [1.807, 2.05) is 12.1 Å². The van der Waals surface area contributed by atoms with Crippen LogP contribution in [-0.4, -0.2) is 16.0 Å². The molecule has 1 heterocycles. The first-order valence-electron chi connectivity index (χ1n) is 8.31. The van der Waals surface area contributed by atoms with Crippen LogP contribution in [0, 0.1) is 5.82 Å². The van der Waals surface area contributed by atoms with Crippen molar-refractivity contribution in [1.29, 1.82) is 0 Å². The third kappa shape index (κ3) is 3.96. The molecule has 5 nitrogen and oxygen atoms in total. The number of nitrogens with one attached hydrogen (secondary N) is 1. The molecule has 1 amide bonds. The van der Waals surface area contributed by atoms with Crippen molar-refractivity contribution in [2.45, 2.75) is 32.7 Å². The summed E-state index contributed by atoms with van der Waals surface area (Å²) in [6.45, 7) is 6.42. The molecule has 0 atom stereocenters. The van der Waals surface area contributed by atoms with Crippen molar-refractivity contribution < 1.29 is 13.7 Å². The molecule has 0 aliphatic heterocycles. The predicted molar refractivity (Wildman–Crippen MR) is 96.0 cm³/mol. The second kappa shape index (κ2) is 7.07. The van der Waals surface area contributed by atoms with Gasteiger partial charge in [0.15, 0.2) is 0 Å². The molecule has 0 radical (unpaired) electrons. The first kappa shape index (κ1) is 17.8. The lowest BCUT2D eigenvalue weighted by atomic mass is 9.87. The van der Waals surface area contributed by atoms with Crippen molar-refractivity contribution >= 4 is 5.91 Å². The summed E-state index contributed by atoms with van der Waals surface area (Å²) in [5, 5.41) is 6.48. The van der Waals surface area contributed by atoms with Crippen LogP contribution in [0.15, 0.2) is 53.1 Å². The highest BCUT2D eigenvalue weighted by molar-refractivity contribution is 5.94. The Bertz CT molecular complexity index is 911. The van der Waals surface area contributed by atoms with Gasteiger partial charge >= 0.3 is 0 Å². The summed E-state index contributed by atoms with van der Waals surface area (Å²) in [5.74, 6) is -0.302. The Balaban J connectivity index is 1.64. The van der Waals surface area contributed by atoms with E-state index in [-0.39, 0.29) is 35.1 Å². The standard InChI is InChI=1S/C20H20FN3O2/c1-20(2,3)14-10-8-13(9-11-14)19(25)22-12-17-23-18(24-26-17)15-6-4-5-7-16(15)21/h4-11H,12H2,1-3H3,(H,22,25). The molecule has 0 spiro atoms. The van der Waals surface area contributed by atoms with Gasteiger partial charge < -0.3 is 9.84 Å². The predicted octanol–water partition coefficient (Wildman–Crippen LogP) is 4.10. The van der Waals surface area contributed by atoms with Crippen LogP contribution < -0.4 is 5.32 Å². The molecule has 0 aliphatic carbocycles. The Morgan fingerprint density at radius 1 is 1.12 bits per heavy atom. The topological polar surface area (TPSA) is 68.0 Å². The number of carbonyl (C=O) groups is 1.